The molecule has 0 atom stereocenters. The first-order valence-electron chi connectivity index (χ1n) is 8.22. The zero-order valence-electron chi connectivity index (χ0n) is 14.9. The highest BCUT2D eigenvalue weighted by Gasteiger charge is 2.13. The summed E-state index contributed by atoms with van der Waals surface area (Å²) in [6, 6.07) is 13.5. The van der Waals surface area contributed by atoms with Gasteiger partial charge in [-0.1, -0.05) is 18.2 Å². The molecule has 0 saturated heterocycles. The number of carbonyl (C=O) groups excluding carboxylic acids is 1. The smallest absolute Gasteiger partial charge is 0.276 e. The Hall–Kier alpha value is -3.68. The van der Waals surface area contributed by atoms with Crippen molar-refractivity contribution in [3.63, 3.8) is 0 Å². The molecule has 0 radical (unpaired) electrons. The van der Waals surface area contributed by atoms with Crippen LogP contribution in [-0.4, -0.2) is 20.6 Å². The zero-order chi connectivity index (χ0) is 19.4. The monoisotopic (exact) mass is 366 g/mol. The van der Waals surface area contributed by atoms with Crippen molar-refractivity contribution in [2.45, 2.75) is 20.6 Å². The average Bonchev–Trinajstić information content (AvgIpc) is 3.11. The molecule has 1 N–H and O–H groups in total. The molecule has 0 saturated carbocycles. The molecule has 1 heterocycles. The molecule has 0 unspecified atom stereocenters. The van der Waals surface area contributed by atoms with E-state index in [-0.39, 0.29) is 18.1 Å². The van der Waals surface area contributed by atoms with Crippen LogP contribution in [-0.2, 0) is 6.73 Å². The van der Waals surface area contributed by atoms with Gasteiger partial charge in [-0.15, -0.1) is 0 Å². The van der Waals surface area contributed by atoms with Gasteiger partial charge in [-0.05, 0) is 43.2 Å². The molecular formula is C19H18N4O4. The number of aromatic nitrogens is 2. The molecule has 27 heavy (non-hydrogen) atoms. The Balaban J connectivity index is 1.65. The molecule has 2 aromatic carbocycles. The van der Waals surface area contributed by atoms with Crippen LogP contribution in [0.15, 0.2) is 54.7 Å². The minimum Gasteiger partial charge on any atom is -0.471 e. The number of anilines is 1. The Labute approximate surface area is 155 Å². The first-order chi connectivity index (χ1) is 12.9. The molecule has 138 valence electrons. The van der Waals surface area contributed by atoms with Crippen LogP contribution >= 0.6 is 0 Å². The van der Waals surface area contributed by atoms with E-state index in [9.17, 15) is 14.9 Å². The number of nitrogens with one attached hydrogen (secondary N) is 1. The first kappa shape index (κ1) is 18.1. The molecule has 8 nitrogen and oxygen atoms in total. The van der Waals surface area contributed by atoms with E-state index in [0.29, 0.717) is 11.3 Å². The van der Waals surface area contributed by atoms with E-state index in [0.717, 1.165) is 11.3 Å². The molecule has 3 aromatic rings. The van der Waals surface area contributed by atoms with Gasteiger partial charge in [-0.2, -0.15) is 5.10 Å². The molecule has 1 amide bonds. The first-order valence-corrected chi connectivity index (χ1v) is 8.22. The minimum atomic E-state index is -0.477. The fourth-order valence-corrected chi connectivity index (χ4v) is 2.50. The molecule has 1 aromatic heterocycles. The summed E-state index contributed by atoms with van der Waals surface area (Å²) in [5.74, 6) is 0.349. The molecule has 0 fully saturated rings. The van der Waals surface area contributed by atoms with Gasteiger partial charge in [0.05, 0.1) is 4.92 Å². The number of rotatable bonds is 6. The highest BCUT2D eigenvalue weighted by molar-refractivity contribution is 6.03. The lowest BCUT2D eigenvalue weighted by atomic mass is 10.1. The van der Waals surface area contributed by atoms with Gasteiger partial charge in [-0.3, -0.25) is 14.9 Å². The predicted molar refractivity (Wildman–Crippen MR) is 99.8 cm³/mol. The summed E-state index contributed by atoms with van der Waals surface area (Å²) in [6.07, 6.45) is 1.65. The maximum Gasteiger partial charge on any atom is 0.276 e. The summed E-state index contributed by atoms with van der Waals surface area (Å²) >= 11 is 0. The third-order valence-electron chi connectivity index (χ3n) is 3.99. The second-order valence-corrected chi connectivity index (χ2v) is 5.99. The number of non-ortho nitro benzene ring substituents is 1. The van der Waals surface area contributed by atoms with Crippen molar-refractivity contribution in [2.75, 3.05) is 5.32 Å². The number of carbonyl (C=O) groups is 1. The number of benzene rings is 2. The van der Waals surface area contributed by atoms with Crippen molar-refractivity contribution < 1.29 is 14.5 Å². The number of nitrogens with zero attached hydrogens (tertiary/aromatic N) is 3. The van der Waals surface area contributed by atoms with Crippen LogP contribution < -0.4 is 10.1 Å². The van der Waals surface area contributed by atoms with Crippen molar-refractivity contribution in [3.8, 4) is 5.75 Å². The van der Waals surface area contributed by atoms with Crippen LogP contribution in [0, 0.1) is 24.0 Å². The van der Waals surface area contributed by atoms with Crippen molar-refractivity contribution in [1.29, 1.82) is 0 Å². The normalized spacial score (nSPS) is 10.4. The van der Waals surface area contributed by atoms with Gasteiger partial charge < -0.3 is 10.1 Å². The Morgan fingerprint density at radius 3 is 2.67 bits per heavy atom. The Morgan fingerprint density at radius 2 is 1.96 bits per heavy atom. The van der Waals surface area contributed by atoms with Gasteiger partial charge in [0.15, 0.2) is 12.4 Å². The molecular weight excluding hydrogens is 348 g/mol. The van der Waals surface area contributed by atoms with Crippen molar-refractivity contribution in [1.82, 2.24) is 9.78 Å². The Kier molecular flexibility index (Phi) is 5.16. The second-order valence-electron chi connectivity index (χ2n) is 5.99. The lowest BCUT2D eigenvalue weighted by molar-refractivity contribution is -0.384. The number of nitro benzene ring substituents is 1. The topological polar surface area (TPSA) is 99.3 Å². The summed E-state index contributed by atoms with van der Waals surface area (Å²) in [7, 11) is 0. The summed E-state index contributed by atoms with van der Waals surface area (Å²) in [4.78, 5) is 22.7. The highest BCUT2D eigenvalue weighted by atomic mass is 16.6. The summed E-state index contributed by atoms with van der Waals surface area (Å²) < 4.78 is 7.21. The maximum atomic E-state index is 12.4. The molecule has 8 heteroatoms. The lowest BCUT2D eigenvalue weighted by Crippen LogP contribution is -2.15. The van der Waals surface area contributed by atoms with Crippen LogP contribution in [0.25, 0.3) is 0 Å². The van der Waals surface area contributed by atoms with E-state index in [1.54, 1.807) is 19.2 Å². The Morgan fingerprint density at radius 1 is 1.19 bits per heavy atom. The van der Waals surface area contributed by atoms with E-state index < -0.39 is 10.8 Å². The van der Waals surface area contributed by atoms with Gasteiger partial charge in [-0.25, -0.2) is 4.68 Å². The van der Waals surface area contributed by atoms with E-state index >= 15 is 0 Å². The fourth-order valence-electron chi connectivity index (χ4n) is 2.50. The number of nitro groups is 1. The molecule has 0 aliphatic heterocycles. The van der Waals surface area contributed by atoms with Gasteiger partial charge in [0.2, 0.25) is 0 Å². The number of ether oxygens (including phenoxy) is 1. The van der Waals surface area contributed by atoms with Gasteiger partial charge in [0.25, 0.3) is 11.6 Å². The second kappa shape index (κ2) is 7.69. The molecule has 0 bridgehead atoms. The number of hydrogen-bond acceptors (Lipinski definition) is 5. The average molecular weight is 366 g/mol. The Bertz CT molecular complexity index is 997. The molecule has 3 rings (SSSR count). The zero-order valence-corrected chi connectivity index (χ0v) is 14.9. The van der Waals surface area contributed by atoms with E-state index in [2.05, 4.69) is 10.4 Å². The predicted octanol–water partition coefficient (Wildman–Crippen LogP) is 3.70. The standard InChI is InChI=1S/C19H18N4O4/c1-13-5-3-4-6-18(13)27-12-22-10-9-17(21-22)19(24)20-16-8-7-15(23(25)26)11-14(16)2/h3-11H,12H2,1-2H3,(H,20,24). The third kappa shape index (κ3) is 4.30. The largest absolute Gasteiger partial charge is 0.471 e. The van der Waals surface area contributed by atoms with E-state index in [1.807, 2.05) is 31.2 Å². The summed E-state index contributed by atoms with van der Waals surface area (Å²) in [6.45, 7) is 3.82. The molecule has 0 spiro atoms. The molecule has 0 aliphatic rings. The lowest BCUT2D eigenvalue weighted by Gasteiger charge is -2.09. The fraction of sp³-hybridized carbons (Fsp3) is 0.158. The quantitative estimate of drug-likeness (QED) is 0.530. The van der Waals surface area contributed by atoms with Crippen LogP contribution in [0.4, 0.5) is 11.4 Å². The van der Waals surface area contributed by atoms with Crippen LogP contribution in [0.3, 0.4) is 0 Å². The number of amides is 1. The minimum absolute atomic E-state index is 0.0249. The number of hydrogen-bond donors (Lipinski definition) is 1. The maximum absolute atomic E-state index is 12.4. The summed E-state index contributed by atoms with van der Waals surface area (Å²) in [5, 5.41) is 17.7. The van der Waals surface area contributed by atoms with E-state index in [4.69, 9.17) is 4.74 Å². The van der Waals surface area contributed by atoms with Crippen LogP contribution in [0.1, 0.15) is 21.6 Å². The van der Waals surface area contributed by atoms with E-state index in [1.165, 1.54) is 22.9 Å². The number of para-hydroxylation sites is 1. The van der Waals surface area contributed by atoms with Gasteiger partial charge >= 0.3 is 0 Å². The highest BCUT2D eigenvalue weighted by Crippen LogP contribution is 2.21. The van der Waals surface area contributed by atoms with Crippen molar-refractivity contribution in [3.05, 3.63) is 81.7 Å². The SMILES string of the molecule is Cc1cc([N+](=O)[O-])ccc1NC(=O)c1ccn(COc2ccccc2C)n1. The molecule has 0 aliphatic carbocycles. The van der Waals surface area contributed by atoms with Crippen LogP contribution in [0.2, 0.25) is 0 Å². The van der Waals surface area contributed by atoms with Gasteiger partial charge in [0, 0.05) is 24.0 Å². The van der Waals surface area contributed by atoms with Crippen molar-refractivity contribution in [2.24, 2.45) is 0 Å². The third-order valence-corrected chi connectivity index (χ3v) is 3.99. The summed E-state index contributed by atoms with van der Waals surface area (Å²) in [5.41, 5.74) is 2.30. The number of aryl methyl sites for hydroxylation is 2. The van der Waals surface area contributed by atoms with Gasteiger partial charge in [0.1, 0.15) is 5.75 Å². The van der Waals surface area contributed by atoms with Crippen LogP contribution in [0.5, 0.6) is 5.75 Å². The van der Waals surface area contributed by atoms with Crippen molar-refractivity contribution >= 4 is 17.3 Å².